The predicted octanol–water partition coefficient (Wildman–Crippen LogP) is 17.6. The van der Waals surface area contributed by atoms with Crippen LogP contribution in [0.25, 0.3) is 22.5 Å². The molecule has 0 bridgehead atoms. The minimum absolute atomic E-state index is 0. The largest absolute Gasteiger partial charge is 1.00 e. The van der Waals surface area contributed by atoms with Crippen LogP contribution in [0.5, 0.6) is 0 Å². The number of aliphatic hydroxyl groups is 1. The summed E-state index contributed by atoms with van der Waals surface area (Å²) in [4.78, 5) is 32.7. The Morgan fingerprint density at radius 1 is 0.317 bits per heavy atom. The molecular formula is C113H102BBrF6N6NaO9P4Pd. The molecule has 0 fully saturated rings. The first-order chi connectivity index (χ1) is 67.2. The van der Waals surface area contributed by atoms with Crippen molar-refractivity contribution in [3.05, 3.63) is 493 Å². The average Bonchev–Trinajstić information content (AvgIpc) is 1.63. The van der Waals surface area contributed by atoms with E-state index in [1.807, 2.05) is 27.0 Å². The molecule has 0 atom stereocenters. The smallest absolute Gasteiger partial charge is 0.870 e. The fourth-order valence-corrected chi connectivity index (χ4v) is 23.1. The molecule has 721 valence electrons. The van der Waals surface area contributed by atoms with Gasteiger partial charge in [-0.05, 0) is 194 Å². The van der Waals surface area contributed by atoms with Crippen molar-refractivity contribution < 1.29 is 121 Å². The number of methoxy groups -OCH3 is 2. The number of carbonyl (C=O) groups excluding carboxylic acids is 2. The van der Waals surface area contributed by atoms with Gasteiger partial charge in [-0.15, -0.1) is 0 Å². The monoisotopic (exact) mass is 2140 g/mol. The van der Waals surface area contributed by atoms with Crippen LogP contribution in [0.2, 0.25) is 0 Å². The molecular weight excluding hydrogens is 2040 g/mol. The maximum Gasteiger partial charge on any atom is 1.00 e. The summed E-state index contributed by atoms with van der Waals surface area (Å²) in [5, 5.41) is 47.0. The third-order valence-electron chi connectivity index (χ3n) is 21.4. The number of aromatic carboxylic acids is 1. The number of rotatable bonds is 21. The van der Waals surface area contributed by atoms with Crippen LogP contribution in [-0.2, 0) is 55.7 Å². The van der Waals surface area contributed by atoms with E-state index >= 15 is 0 Å². The van der Waals surface area contributed by atoms with Crippen molar-refractivity contribution in [1.82, 2.24) is 29.3 Å². The summed E-state index contributed by atoms with van der Waals surface area (Å²) in [5.41, 5.74) is -1.39. The molecule has 18 rings (SSSR count). The fraction of sp³-hybridized carbons (Fsp3) is 0.0973. The van der Waals surface area contributed by atoms with Crippen molar-refractivity contribution >= 4 is 142 Å². The molecule has 0 amide bonds. The molecule has 0 unspecified atom stereocenters. The number of esters is 2. The zero-order chi connectivity index (χ0) is 99.2. The second-order valence-electron chi connectivity index (χ2n) is 31.3. The van der Waals surface area contributed by atoms with Gasteiger partial charge in [-0.2, -0.15) is 15.3 Å². The summed E-state index contributed by atoms with van der Waals surface area (Å²) in [5.74, 6) is -10.5. The Morgan fingerprint density at radius 3 is 0.732 bits per heavy atom. The number of carboxylic acids is 1. The summed E-state index contributed by atoms with van der Waals surface area (Å²) in [6.07, 6.45) is 4.62. The Hall–Kier alpha value is -12.3. The molecule has 3 N–H and O–H groups in total. The Bertz CT molecular complexity index is 6010. The van der Waals surface area contributed by atoms with E-state index in [-0.39, 0.29) is 71.1 Å². The van der Waals surface area contributed by atoms with E-state index in [4.69, 9.17) is 9.76 Å². The van der Waals surface area contributed by atoms with Crippen LogP contribution in [0.3, 0.4) is 0 Å². The van der Waals surface area contributed by atoms with Crippen LogP contribution in [0, 0.1) is 34.9 Å². The van der Waals surface area contributed by atoms with Crippen LogP contribution in [0.4, 0.5) is 26.3 Å². The number of hydrogen-bond acceptors (Lipinski definition) is 11. The topological polar surface area (TPSA) is 203 Å². The molecule has 0 aliphatic rings. The summed E-state index contributed by atoms with van der Waals surface area (Å²) in [7, 11) is 7.07. The van der Waals surface area contributed by atoms with Crippen LogP contribution in [0.15, 0.2) is 442 Å². The molecule has 18 aromatic rings. The zero-order valence-electron chi connectivity index (χ0n) is 79.4. The second kappa shape index (κ2) is 58.3. The van der Waals surface area contributed by atoms with E-state index in [2.05, 4.69) is 405 Å². The summed E-state index contributed by atoms with van der Waals surface area (Å²) >= 11 is 2.78. The molecule has 3 aromatic heterocycles. The zero-order valence-corrected chi connectivity index (χ0v) is 88.1. The van der Waals surface area contributed by atoms with Crippen LogP contribution in [0.1, 0.15) is 58.8 Å². The van der Waals surface area contributed by atoms with E-state index in [1.165, 1.54) is 116 Å². The minimum Gasteiger partial charge on any atom is -0.870 e. The molecule has 0 aliphatic carbocycles. The van der Waals surface area contributed by atoms with Crippen LogP contribution >= 0.6 is 47.6 Å². The number of aryl methyl sites for hydroxylation is 3. The van der Waals surface area contributed by atoms with Crippen molar-refractivity contribution in [3.63, 3.8) is 0 Å². The number of carbonyl (C=O) groups is 3. The maximum absolute atomic E-state index is 13.9. The molecule has 1 radical (unpaired) electrons. The van der Waals surface area contributed by atoms with Gasteiger partial charge in [-0.1, -0.05) is 364 Å². The number of halogens is 7. The Kier molecular flexibility index (Phi) is 47.2. The van der Waals surface area contributed by atoms with Gasteiger partial charge >= 0.3 is 54.9 Å². The van der Waals surface area contributed by atoms with Crippen LogP contribution < -0.4 is 98.8 Å². The van der Waals surface area contributed by atoms with Gasteiger partial charge in [-0.25, -0.2) is 40.7 Å². The van der Waals surface area contributed by atoms with Gasteiger partial charge < -0.3 is 29.8 Å². The van der Waals surface area contributed by atoms with E-state index in [9.17, 15) is 45.8 Å². The van der Waals surface area contributed by atoms with E-state index in [0.717, 1.165) is 31.9 Å². The van der Waals surface area contributed by atoms with Crippen molar-refractivity contribution in [3.8, 4) is 22.5 Å². The molecule has 0 aliphatic heterocycles. The maximum atomic E-state index is 13.9. The van der Waals surface area contributed by atoms with E-state index < -0.39 is 112 Å². The third-order valence-corrected chi connectivity index (χ3v) is 31.8. The van der Waals surface area contributed by atoms with Crippen molar-refractivity contribution in [1.29, 1.82) is 0 Å². The van der Waals surface area contributed by atoms with Crippen molar-refractivity contribution in [2.24, 2.45) is 21.1 Å². The predicted molar refractivity (Wildman–Crippen MR) is 563 cm³/mol. The number of aromatic nitrogens is 6. The first-order valence-corrected chi connectivity index (χ1v) is 49.8. The Balaban J connectivity index is 0.000000199. The van der Waals surface area contributed by atoms with Gasteiger partial charge in [0.1, 0.15) is 0 Å². The molecule has 3 heterocycles. The number of nitrogens with zero attached hydrogens (tertiary/aromatic N) is 6. The first-order valence-electron chi connectivity index (χ1n) is 43.7. The molecule has 0 saturated heterocycles. The third kappa shape index (κ3) is 32.4. The molecule has 15 aromatic carbocycles. The van der Waals surface area contributed by atoms with Gasteiger partial charge in [0.15, 0.2) is 34.9 Å². The standard InChI is InChI=1S/4C18H15P.C12H10F2N2O2.C11H8F2N2O2.C10H18BN2O2.C8H5BrF2O2.Na.H2O.Pd/c4*1-4-10-16(11-5-1)19(17-12-6-2-7-13-17)18-14-8-3-9-15-18;1-16-9(5-6-15-16)7-3-4-8(12(17)18-2)11(14)10(7)13;1-15-8(4-5-14-15)6-2-3-7(11(16)17)10(13)9(6)12;1-9(2,14)10(3,4)15-11-8-6-7-12-13(8)5;1-13-8(12)4-2-3-5(9)7(11)6(4)10;;;/h4*1-15H;3-6H,1-2H3;2-5H,1H3,(H,16,17);6-7,14H,1-5H3;2-3H,1H3;;1H2;/q;;;;;;;;+1;;/p-1. The van der Waals surface area contributed by atoms with Gasteiger partial charge in [0.05, 0.1) is 58.0 Å². The number of benzene rings is 15. The van der Waals surface area contributed by atoms with Crippen molar-refractivity contribution in [2.75, 3.05) is 14.2 Å². The molecule has 0 saturated carbocycles. The van der Waals surface area contributed by atoms with Gasteiger partial charge in [0, 0.05) is 76.9 Å². The van der Waals surface area contributed by atoms with Gasteiger partial charge in [0.25, 0.3) is 0 Å². The Labute approximate surface area is 874 Å². The van der Waals surface area contributed by atoms with Crippen LogP contribution in [-0.4, -0.2) is 95.8 Å². The summed E-state index contributed by atoms with van der Waals surface area (Å²) in [6, 6.07) is 141. The second-order valence-corrected chi connectivity index (χ2v) is 41.1. The quantitative estimate of drug-likeness (QED) is 0.0227. The molecule has 0 spiro atoms. The summed E-state index contributed by atoms with van der Waals surface area (Å²) < 4.78 is 99.2. The number of hydrogen-bond donors (Lipinski definition) is 2. The first kappa shape index (κ1) is 115. The number of carboxylic acid groups (broad SMARTS) is 1. The fourth-order valence-electron chi connectivity index (χ4n) is 13.6. The van der Waals surface area contributed by atoms with E-state index in [1.54, 1.807) is 52.4 Å². The number of ether oxygens (including phenoxy) is 2. The van der Waals surface area contributed by atoms with Gasteiger partial charge in [0.2, 0.25) is 0 Å². The van der Waals surface area contributed by atoms with Gasteiger partial charge in [-0.3, -0.25) is 14.0 Å². The van der Waals surface area contributed by atoms with Crippen molar-refractivity contribution in [2.45, 2.75) is 38.9 Å². The summed E-state index contributed by atoms with van der Waals surface area (Å²) in [6.45, 7) is 7.15. The molecule has 15 nitrogen and oxygen atoms in total. The molecule has 142 heavy (non-hydrogen) atoms. The van der Waals surface area contributed by atoms with E-state index in [0.29, 0.717) is 11.4 Å². The SMILES string of the molecule is COC(=O)c1ccc(-c2ccnn2C)c(F)c1F.COC(=O)c1ccc(Br)c(F)c1F.Cn1nccc1-c1ccc(C(=O)O)c(F)c1F.Cn1nccc1[B]OC(C)(C)C(C)(C)O.[Na+].[OH-].[Pd].c1ccc(P(c2ccccc2)c2ccccc2)cc1.c1ccc(P(c2ccccc2)c2ccccc2)cc1.c1ccc(P(c2ccccc2)c2ccccc2)cc1.c1ccc(P(c2ccccc2)c2ccccc2)cc1. The average molecular weight is 2150 g/mol. The Morgan fingerprint density at radius 2 is 0.528 bits per heavy atom. The normalized spacial score (nSPS) is 10.5. The molecule has 29 heteroatoms. The minimum atomic E-state index is -1.50.